The third kappa shape index (κ3) is 1.65. The minimum atomic E-state index is 0.713. The van der Waals surface area contributed by atoms with Gasteiger partial charge in [-0.25, -0.2) is 14.5 Å². The number of benzene rings is 1. The summed E-state index contributed by atoms with van der Waals surface area (Å²) in [6.45, 7) is 0. The molecule has 3 heterocycles. The SMILES string of the molecule is Cn1ncc2c1ncn1nc(Cc3ccccc3)nc21. The Morgan fingerprint density at radius 1 is 1.10 bits per heavy atom. The fraction of sp³-hybridized carbons (Fsp3) is 0.143. The molecule has 6 nitrogen and oxygen atoms in total. The molecule has 0 N–H and O–H groups in total. The maximum Gasteiger partial charge on any atom is 0.170 e. The van der Waals surface area contributed by atoms with Crippen molar-refractivity contribution < 1.29 is 0 Å². The van der Waals surface area contributed by atoms with Gasteiger partial charge in [-0.15, -0.1) is 5.10 Å². The highest BCUT2D eigenvalue weighted by molar-refractivity contribution is 5.88. The summed E-state index contributed by atoms with van der Waals surface area (Å²) in [6.07, 6.45) is 4.17. The van der Waals surface area contributed by atoms with Gasteiger partial charge in [-0.05, 0) is 5.56 Å². The molecule has 0 bridgehead atoms. The standard InChI is InChI=1S/C14H12N6/c1-19-13-11(8-16-19)14-17-12(18-20(14)9-15-13)7-10-5-3-2-4-6-10/h2-6,8-9H,7H2,1H3. The average Bonchev–Trinajstić information content (AvgIpc) is 3.03. The van der Waals surface area contributed by atoms with Gasteiger partial charge in [0, 0.05) is 13.5 Å². The molecule has 0 aliphatic carbocycles. The zero-order chi connectivity index (χ0) is 13.5. The van der Waals surface area contributed by atoms with E-state index in [0.29, 0.717) is 6.42 Å². The monoisotopic (exact) mass is 264 g/mol. The van der Waals surface area contributed by atoms with Crippen molar-refractivity contribution in [3.63, 3.8) is 0 Å². The Hall–Kier alpha value is -2.76. The number of nitrogens with zero attached hydrogens (tertiary/aromatic N) is 6. The van der Waals surface area contributed by atoms with Gasteiger partial charge in [0.05, 0.1) is 11.6 Å². The summed E-state index contributed by atoms with van der Waals surface area (Å²) < 4.78 is 3.45. The molecule has 0 spiro atoms. The van der Waals surface area contributed by atoms with Crippen molar-refractivity contribution in [2.45, 2.75) is 6.42 Å². The van der Waals surface area contributed by atoms with Crippen molar-refractivity contribution in [1.82, 2.24) is 29.4 Å². The van der Waals surface area contributed by atoms with Crippen LogP contribution in [-0.2, 0) is 13.5 Å². The van der Waals surface area contributed by atoms with Crippen molar-refractivity contribution in [2.75, 3.05) is 0 Å². The molecule has 0 fully saturated rings. The van der Waals surface area contributed by atoms with Crippen LogP contribution < -0.4 is 0 Å². The molecule has 0 amide bonds. The highest BCUT2D eigenvalue weighted by Gasteiger charge is 2.11. The molecule has 20 heavy (non-hydrogen) atoms. The molecule has 0 unspecified atom stereocenters. The number of fused-ring (bicyclic) bond motifs is 3. The first kappa shape index (κ1) is 11.1. The maximum absolute atomic E-state index is 4.61. The highest BCUT2D eigenvalue weighted by Crippen LogP contribution is 2.16. The molecule has 0 aliphatic rings. The smallest absolute Gasteiger partial charge is 0.170 e. The van der Waals surface area contributed by atoms with Crippen LogP contribution in [-0.4, -0.2) is 29.4 Å². The third-order valence-electron chi connectivity index (χ3n) is 3.32. The van der Waals surface area contributed by atoms with Crippen LogP contribution in [0.4, 0.5) is 0 Å². The molecular weight excluding hydrogens is 252 g/mol. The minimum Gasteiger partial charge on any atom is -0.250 e. The molecule has 98 valence electrons. The molecule has 6 heteroatoms. The normalized spacial score (nSPS) is 11.4. The molecule has 4 aromatic rings. The number of aromatic nitrogens is 6. The van der Waals surface area contributed by atoms with Crippen LogP contribution in [0.3, 0.4) is 0 Å². The van der Waals surface area contributed by atoms with Crippen molar-refractivity contribution in [3.8, 4) is 0 Å². The van der Waals surface area contributed by atoms with Crippen LogP contribution in [0.25, 0.3) is 16.7 Å². The van der Waals surface area contributed by atoms with Crippen LogP contribution >= 0.6 is 0 Å². The summed E-state index contributed by atoms with van der Waals surface area (Å²) in [5.41, 5.74) is 2.81. The van der Waals surface area contributed by atoms with Crippen LogP contribution in [0.15, 0.2) is 42.9 Å². The predicted octanol–water partition coefficient (Wildman–Crippen LogP) is 1.60. The molecule has 3 aromatic heterocycles. The van der Waals surface area contributed by atoms with Crippen molar-refractivity contribution in [3.05, 3.63) is 54.2 Å². The van der Waals surface area contributed by atoms with Gasteiger partial charge >= 0.3 is 0 Å². The van der Waals surface area contributed by atoms with Crippen LogP contribution in [0.2, 0.25) is 0 Å². The van der Waals surface area contributed by atoms with Crippen LogP contribution in [0, 0.1) is 0 Å². The van der Waals surface area contributed by atoms with Crippen LogP contribution in [0.5, 0.6) is 0 Å². The first-order valence-corrected chi connectivity index (χ1v) is 6.37. The van der Waals surface area contributed by atoms with E-state index in [0.717, 1.165) is 22.5 Å². The Kier molecular flexibility index (Phi) is 2.29. The van der Waals surface area contributed by atoms with E-state index >= 15 is 0 Å². The zero-order valence-electron chi connectivity index (χ0n) is 10.9. The Morgan fingerprint density at radius 2 is 1.95 bits per heavy atom. The quantitative estimate of drug-likeness (QED) is 0.552. The highest BCUT2D eigenvalue weighted by atomic mass is 15.3. The van der Waals surface area contributed by atoms with E-state index < -0.39 is 0 Å². The van der Waals surface area contributed by atoms with Gasteiger partial charge in [0.1, 0.15) is 6.33 Å². The van der Waals surface area contributed by atoms with Gasteiger partial charge < -0.3 is 0 Å². The summed E-state index contributed by atoms with van der Waals surface area (Å²) in [5, 5.41) is 9.60. The lowest BCUT2D eigenvalue weighted by molar-refractivity contribution is 0.782. The summed E-state index contributed by atoms with van der Waals surface area (Å²) in [7, 11) is 1.87. The zero-order valence-corrected chi connectivity index (χ0v) is 10.9. The third-order valence-corrected chi connectivity index (χ3v) is 3.32. The molecule has 4 rings (SSSR count). The van der Waals surface area contributed by atoms with Gasteiger partial charge in [0.25, 0.3) is 0 Å². The fourth-order valence-corrected chi connectivity index (χ4v) is 2.34. The summed E-state index contributed by atoms with van der Waals surface area (Å²) >= 11 is 0. The number of aryl methyl sites for hydroxylation is 1. The second kappa shape index (κ2) is 4.12. The number of hydrogen-bond acceptors (Lipinski definition) is 4. The Balaban J connectivity index is 1.84. The van der Waals surface area contributed by atoms with Crippen molar-refractivity contribution in [1.29, 1.82) is 0 Å². The molecule has 0 saturated heterocycles. The van der Waals surface area contributed by atoms with Gasteiger partial charge in [-0.3, -0.25) is 4.68 Å². The summed E-state index contributed by atoms with van der Waals surface area (Å²) in [5.74, 6) is 0.786. The maximum atomic E-state index is 4.61. The van der Waals surface area contributed by atoms with Crippen molar-refractivity contribution in [2.24, 2.45) is 7.05 Å². The summed E-state index contributed by atoms with van der Waals surface area (Å²) in [4.78, 5) is 8.96. The molecule has 0 aliphatic heterocycles. The largest absolute Gasteiger partial charge is 0.250 e. The molecule has 0 saturated carbocycles. The van der Waals surface area contributed by atoms with Gasteiger partial charge in [-0.1, -0.05) is 30.3 Å². The van der Waals surface area contributed by atoms with E-state index in [-0.39, 0.29) is 0 Å². The molecule has 1 aromatic carbocycles. The van der Waals surface area contributed by atoms with E-state index in [1.807, 2.05) is 25.2 Å². The van der Waals surface area contributed by atoms with Crippen LogP contribution in [0.1, 0.15) is 11.4 Å². The van der Waals surface area contributed by atoms with E-state index in [4.69, 9.17) is 0 Å². The first-order chi connectivity index (χ1) is 9.81. The lowest BCUT2D eigenvalue weighted by atomic mass is 10.1. The fourth-order valence-electron chi connectivity index (χ4n) is 2.34. The minimum absolute atomic E-state index is 0.713. The van der Waals surface area contributed by atoms with Gasteiger partial charge in [-0.2, -0.15) is 5.10 Å². The van der Waals surface area contributed by atoms with Gasteiger partial charge in [0.2, 0.25) is 0 Å². The molecular formula is C14H12N6. The van der Waals surface area contributed by atoms with E-state index in [1.165, 1.54) is 5.56 Å². The Morgan fingerprint density at radius 3 is 2.80 bits per heavy atom. The van der Waals surface area contributed by atoms with Crippen molar-refractivity contribution >= 4 is 16.7 Å². The predicted molar refractivity (Wildman–Crippen MR) is 74.3 cm³/mol. The second-order valence-electron chi connectivity index (χ2n) is 4.71. The second-order valence-corrected chi connectivity index (χ2v) is 4.71. The molecule has 0 radical (unpaired) electrons. The Labute approximate surface area is 114 Å². The Bertz CT molecular complexity index is 890. The lowest BCUT2D eigenvalue weighted by Crippen LogP contribution is -1.95. The number of hydrogen-bond donors (Lipinski definition) is 0. The average molecular weight is 264 g/mol. The molecule has 0 atom stereocenters. The first-order valence-electron chi connectivity index (χ1n) is 6.37. The van der Waals surface area contributed by atoms with Gasteiger partial charge in [0.15, 0.2) is 17.1 Å². The van der Waals surface area contributed by atoms with E-state index in [1.54, 1.807) is 21.7 Å². The van der Waals surface area contributed by atoms with E-state index in [9.17, 15) is 0 Å². The number of rotatable bonds is 2. The van der Waals surface area contributed by atoms with E-state index in [2.05, 4.69) is 32.3 Å². The lowest BCUT2D eigenvalue weighted by Gasteiger charge is -1.94. The topological polar surface area (TPSA) is 60.9 Å². The summed E-state index contributed by atoms with van der Waals surface area (Å²) in [6, 6.07) is 10.2.